The fourth-order valence-electron chi connectivity index (χ4n) is 11.7. The molecule has 4 atom stereocenters. The number of fused-ring (bicyclic) bond motifs is 4. The number of rotatable bonds is 5. The predicted octanol–water partition coefficient (Wildman–Crippen LogP) is 8.58. The second-order valence-corrected chi connectivity index (χ2v) is 27.6. The number of alkyl halides is 1. The summed E-state index contributed by atoms with van der Waals surface area (Å²) in [6, 6.07) is 2.13. The third kappa shape index (κ3) is 19.0. The van der Waals surface area contributed by atoms with Crippen LogP contribution in [0.4, 0.5) is 33.6 Å². The molecule has 0 aromatic rings. The first kappa shape index (κ1) is 92.1. The van der Waals surface area contributed by atoms with Crippen LogP contribution in [0.3, 0.4) is 0 Å². The summed E-state index contributed by atoms with van der Waals surface area (Å²) in [4.78, 5) is 108. The zero-order valence-electron chi connectivity index (χ0n) is 52.9. The second-order valence-electron chi connectivity index (χ2n) is 26.8. The van der Waals surface area contributed by atoms with Gasteiger partial charge in [-0.3, -0.25) is 24.4 Å². The van der Waals surface area contributed by atoms with Crippen LogP contribution in [0.5, 0.6) is 0 Å². The van der Waals surface area contributed by atoms with Gasteiger partial charge in [0.2, 0.25) is 0 Å². The van der Waals surface area contributed by atoms with Gasteiger partial charge < -0.3 is 69.5 Å². The van der Waals surface area contributed by atoms with Crippen molar-refractivity contribution in [2.75, 3.05) is 83.6 Å². The van der Waals surface area contributed by atoms with E-state index in [2.05, 4.69) is 28.7 Å². The van der Waals surface area contributed by atoms with Crippen molar-refractivity contribution in [1.82, 2.24) is 34.3 Å². The Hall–Kier alpha value is -4.33. The largest absolute Gasteiger partial charge is 1.00 e. The summed E-state index contributed by atoms with van der Waals surface area (Å²) < 4.78 is 43.4. The molecule has 8 fully saturated rings. The summed E-state index contributed by atoms with van der Waals surface area (Å²) in [5.74, 6) is -0.289. The summed E-state index contributed by atoms with van der Waals surface area (Å²) in [7, 11) is 1.37. The standard InChI is InChI=1S/C15H23N3O4.C14H23IN2O4.C14H24N2O5.C12H19NO4.CN.6CH4.K/c1-13(2,3)21-11(19)17-8-9-18-12(20)22-14(4,5)15(18,10-17)6-7-16;1-12(2,3)20-10(18)16-6-7-17-11(19)21-13(4,5)14(17,8-15)9-16;1-12(2,3)20-10(18)15-6-7-16-11(19)21-13(4,5)14(16,8-15)9-17;1-11(2)12(8-9(14)16-3)6-4-5-7-13(12)10(15)17-11;1-2;;;;;;;/h6,8-10H2,1-5H3;6-9H2,1-5H3;17H,6-9H2,1-5H3;4-8H2,1-3H3;;6*1H4;/q;;;;-1;;;;;;;+1. The molecule has 516 valence electrons. The van der Waals surface area contributed by atoms with Gasteiger partial charge in [-0.1, -0.05) is 67.2 Å². The number of hydrogen-bond donors (Lipinski definition) is 1. The molecule has 8 saturated heterocycles. The molecule has 0 aromatic carbocycles. The minimum atomic E-state index is -0.931. The van der Waals surface area contributed by atoms with E-state index in [0.717, 1.165) is 19.3 Å². The third-order valence-electron chi connectivity index (χ3n) is 16.6. The smallest absolute Gasteiger partial charge is 0.512 e. The zero-order valence-corrected chi connectivity index (χ0v) is 58.2. The Morgan fingerprint density at radius 2 is 0.811 bits per heavy atom. The van der Waals surface area contributed by atoms with Gasteiger partial charge in [0.25, 0.3) is 0 Å². The topological polar surface area (TPSA) is 301 Å². The van der Waals surface area contributed by atoms with E-state index in [4.69, 9.17) is 49.7 Å². The van der Waals surface area contributed by atoms with Crippen molar-refractivity contribution in [1.29, 1.82) is 10.5 Å². The van der Waals surface area contributed by atoms with Crippen molar-refractivity contribution in [3.63, 3.8) is 0 Å². The molecule has 26 nitrogen and oxygen atoms in total. The Balaban J connectivity index is -0.000000531. The number of aliphatic hydroxyl groups excluding tert-OH is 1. The molecule has 1 N–H and O–H groups in total. The van der Waals surface area contributed by atoms with Crippen LogP contribution in [0.25, 0.3) is 0 Å². The van der Waals surface area contributed by atoms with Gasteiger partial charge in [-0.05, 0) is 137 Å². The molecule has 90 heavy (non-hydrogen) atoms. The Labute approximate surface area is 595 Å². The molecule has 0 bridgehead atoms. The summed E-state index contributed by atoms with van der Waals surface area (Å²) in [6.07, 6.45) is 0.405. The summed E-state index contributed by atoms with van der Waals surface area (Å²) in [6.45, 7) is 39.3. The molecule has 8 rings (SSSR count). The number of esters is 1. The second kappa shape index (κ2) is 33.7. The third-order valence-corrected chi connectivity index (χ3v) is 17.9. The molecule has 0 saturated carbocycles. The molecular formula is C62H113IKN9O17. The van der Waals surface area contributed by atoms with Gasteiger partial charge in [-0.2, -0.15) is 5.26 Å². The zero-order chi connectivity index (χ0) is 63.5. The van der Waals surface area contributed by atoms with Gasteiger partial charge in [0, 0.05) is 50.2 Å². The van der Waals surface area contributed by atoms with Crippen molar-refractivity contribution in [2.45, 2.75) is 256 Å². The minimum absolute atomic E-state index is 0. The molecular weight excluding hydrogens is 1310 g/mol. The molecule has 0 aromatic heterocycles. The number of carbonyl (C=O) groups excluding carboxylic acids is 8. The molecule has 4 unspecified atom stereocenters. The minimum Gasteiger partial charge on any atom is -0.512 e. The fraction of sp³-hybridized carbons (Fsp3) is 0.839. The van der Waals surface area contributed by atoms with E-state index in [1.54, 1.807) is 93.7 Å². The fourth-order valence-corrected chi connectivity index (χ4v) is 13.3. The average molecular weight is 1420 g/mol. The summed E-state index contributed by atoms with van der Waals surface area (Å²) in [5.41, 5.74) is -7.50. The first-order valence-electron chi connectivity index (χ1n) is 27.8. The van der Waals surface area contributed by atoms with E-state index in [-0.39, 0.29) is 153 Å². The first-order valence-corrected chi connectivity index (χ1v) is 29.3. The number of piperidine rings is 1. The van der Waals surface area contributed by atoms with E-state index in [1.807, 2.05) is 48.5 Å². The molecule has 8 aliphatic heterocycles. The number of piperazine rings is 3. The van der Waals surface area contributed by atoms with E-state index < -0.39 is 85.7 Å². The van der Waals surface area contributed by atoms with Crippen LogP contribution in [-0.2, 0) is 42.7 Å². The Morgan fingerprint density at radius 1 is 0.522 bits per heavy atom. The van der Waals surface area contributed by atoms with Crippen LogP contribution < -0.4 is 51.4 Å². The molecule has 28 heteroatoms. The van der Waals surface area contributed by atoms with Gasteiger partial charge in [0.15, 0.2) is 0 Å². The maximum absolute atomic E-state index is 12.3. The van der Waals surface area contributed by atoms with Crippen molar-refractivity contribution in [3.8, 4) is 6.07 Å². The number of nitriles is 1. The number of aliphatic hydroxyl groups is 1. The summed E-state index contributed by atoms with van der Waals surface area (Å²) >= 11 is 2.26. The van der Waals surface area contributed by atoms with Crippen molar-refractivity contribution >= 4 is 71.2 Å². The number of amides is 7. The number of halogens is 1. The quantitative estimate of drug-likeness (QED) is 0.0672. The Kier molecular flexibility index (Phi) is 34.5. The summed E-state index contributed by atoms with van der Waals surface area (Å²) in [5, 5.41) is 25.3. The normalized spacial score (nSPS) is 25.6. The molecule has 0 aliphatic carbocycles. The number of nitrogens with zero attached hydrogens (tertiary/aromatic N) is 9. The predicted molar refractivity (Wildman–Crippen MR) is 345 cm³/mol. The Bertz CT molecular complexity index is 2440. The van der Waals surface area contributed by atoms with Crippen LogP contribution in [0.2, 0.25) is 0 Å². The average Bonchev–Trinajstić information content (AvgIpc) is 1.58. The number of ether oxygens (including phenoxy) is 8. The maximum Gasteiger partial charge on any atom is 1.00 e. The van der Waals surface area contributed by atoms with Crippen molar-refractivity contribution in [2.24, 2.45) is 0 Å². The molecule has 8 heterocycles. The number of cyclic esters (lactones) is 4. The van der Waals surface area contributed by atoms with Crippen LogP contribution in [-0.4, -0.2) is 233 Å². The maximum atomic E-state index is 12.3. The molecule has 0 radical (unpaired) electrons. The van der Waals surface area contributed by atoms with E-state index in [1.165, 1.54) is 16.9 Å². The number of carbonyl (C=O) groups is 8. The SMILES string of the molecule is C.C.C.C.C.C.CC(C)(C)OC(=O)N1CCN2C(=O)OC(C)(C)C2(CC#N)C1.CC(C)(C)OC(=O)N1CCN2C(=O)OC(C)(C)C2(CI)C1.CC(C)(C)OC(=O)N1CCN2C(=O)OC(C)(C)C2(CO)C1.COC(=O)CC12CCCCN1C(=O)OC2(C)C.[C-]#N.[K+]. The van der Waals surface area contributed by atoms with Crippen LogP contribution in [0.1, 0.15) is 194 Å². The van der Waals surface area contributed by atoms with Crippen molar-refractivity contribution < 1.29 is 133 Å². The monoisotopic (exact) mass is 1420 g/mol. The first-order chi connectivity index (χ1) is 38.0. The van der Waals surface area contributed by atoms with Crippen LogP contribution >= 0.6 is 22.6 Å². The number of hydrogen-bond acceptors (Lipinski definition) is 19. The Morgan fingerprint density at radius 3 is 1.13 bits per heavy atom. The van der Waals surface area contributed by atoms with Crippen LogP contribution in [0.15, 0.2) is 0 Å². The molecule has 7 amide bonds. The molecule has 0 spiro atoms. The van der Waals surface area contributed by atoms with Gasteiger partial charge in [-0.25, -0.2) is 33.6 Å². The van der Waals surface area contributed by atoms with Gasteiger partial charge in [0.1, 0.15) is 55.8 Å². The van der Waals surface area contributed by atoms with E-state index in [0.29, 0.717) is 56.8 Å². The van der Waals surface area contributed by atoms with Crippen molar-refractivity contribution in [3.05, 3.63) is 6.57 Å². The van der Waals surface area contributed by atoms with Gasteiger partial charge in [-0.15, -0.1) is 0 Å². The van der Waals surface area contributed by atoms with Gasteiger partial charge >= 0.3 is 100 Å². The van der Waals surface area contributed by atoms with E-state index >= 15 is 0 Å². The van der Waals surface area contributed by atoms with Crippen LogP contribution in [0, 0.1) is 23.2 Å². The van der Waals surface area contributed by atoms with Gasteiger partial charge in [0.05, 0.1) is 57.8 Å². The van der Waals surface area contributed by atoms with E-state index in [9.17, 15) is 48.7 Å². The number of methoxy groups -OCH3 is 1. The molecule has 8 aliphatic rings.